The minimum atomic E-state index is -1.81. The van der Waals surface area contributed by atoms with Crippen LogP contribution in [0.3, 0.4) is 0 Å². The van der Waals surface area contributed by atoms with Crippen LogP contribution in [0.1, 0.15) is 46.3 Å². The van der Waals surface area contributed by atoms with Gasteiger partial charge in [-0.2, -0.15) is 4.39 Å². The predicted molar refractivity (Wildman–Crippen MR) is 118 cm³/mol. The smallest absolute Gasteiger partial charge is 0.326 e. The molecule has 1 aliphatic rings. The van der Waals surface area contributed by atoms with Crippen LogP contribution in [-0.4, -0.2) is 66.5 Å². The van der Waals surface area contributed by atoms with Crippen LogP contribution in [0.4, 0.5) is 16.0 Å². The number of nitrogens with two attached hydrogens (primary N) is 1. The number of anilines is 2. The van der Waals surface area contributed by atoms with Crippen molar-refractivity contribution in [1.29, 1.82) is 0 Å². The molecule has 15 nitrogen and oxygen atoms in total. The highest BCUT2D eigenvalue weighted by Gasteiger charge is 2.39. The van der Waals surface area contributed by atoms with Gasteiger partial charge in [0, 0.05) is 13.3 Å². The third kappa shape index (κ3) is 5.84. The van der Waals surface area contributed by atoms with E-state index < -0.39 is 59.3 Å². The molecule has 0 saturated carbocycles. The minimum Gasteiger partial charge on any atom is -0.481 e. The highest BCUT2D eigenvalue weighted by atomic mass is 19.1. The molecule has 1 unspecified atom stereocenters. The normalized spacial score (nSPS) is 17.1. The number of Topliss-reactive ketones (excluding diaryl/α,β-unsaturated/α-hetero) is 1. The van der Waals surface area contributed by atoms with Crippen molar-refractivity contribution in [3.63, 3.8) is 0 Å². The van der Waals surface area contributed by atoms with Gasteiger partial charge >= 0.3 is 11.9 Å². The van der Waals surface area contributed by atoms with E-state index in [0.29, 0.717) is 0 Å². The molecular formula is C20H21FN8O7. The second-order valence-corrected chi connectivity index (χ2v) is 7.69. The number of ketones is 1. The van der Waals surface area contributed by atoms with E-state index in [0.717, 1.165) is 6.07 Å². The average molecular weight is 504 g/mol. The number of carboxylic acid groups (broad SMARTS) is 2. The lowest BCUT2D eigenvalue weighted by Gasteiger charge is -2.33. The number of halogens is 1. The fourth-order valence-corrected chi connectivity index (χ4v) is 3.04. The van der Waals surface area contributed by atoms with Gasteiger partial charge in [-0.05, 0) is 18.6 Å². The third-order valence-corrected chi connectivity index (χ3v) is 5.01. The van der Waals surface area contributed by atoms with E-state index in [1.807, 2.05) is 0 Å². The monoisotopic (exact) mass is 504 g/mol. The molecule has 0 fully saturated rings. The molecule has 16 heteroatoms. The number of fused-ring (bicyclic) bond motifs is 1. The summed E-state index contributed by atoms with van der Waals surface area (Å²) in [5.41, 5.74) is 5.39. The standard InChI is InChI=1S/C20H21FN8O7/c1-8(30)20(22)28-16-14(18(34)29-20)25-9(7-24-16)6-23-12-4-2-10(15(21)27-12)17(33)26-11(19(35)36)3-5-13(31)32/h2,4,7,11H,3,5-6,22H2,1H3,(H,23,27)(H,24,28)(H,26,33)(H,29,34)(H,31,32)(H,35,36)/t11-,20?/m0/s1. The van der Waals surface area contributed by atoms with Crippen molar-refractivity contribution < 1.29 is 38.6 Å². The first kappa shape index (κ1) is 25.9. The van der Waals surface area contributed by atoms with Crippen LogP contribution in [-0.2, 0) is 20.9 Å². The lowest BCUT2D eigenvalue weighted by atomic mass is 10.1. The van der Waals surface area contributed by atoms with E-state index >= 15 is 0 Å². The molecule has 190 valence electrons. The van der Waals surface area contributed by atoms with Crippen molar-refractivity contribution in [3.05, 3.63) is 41.2 Å². The number of carbonyl (C=O) groups is 5. The van der Waals surface area contributed by atoms with Crippen LogP contribution in [0.25, 0.3) is 0 Å². The Morgan fingerprint density at radius 3 is 2.53 bits per heavy atom. The molecule has 2 aromatic heterocycles. The molecule has 0 radical (unpaired) electrons. The van der Waals surface area contributed by atoms with Gasteiger partial charge in [0.05, 0.1) is 24.0 Å². The molecule has 8 N–H and O–H groups in total. The number of aliphatic carboxylic acids is 2. The lowest BCUT2D eigenvalue weighted by molar-refractivity contribution is -0.140. The molecule has 2 amide bonds. The Labute approximate surface area is 201 Å². The van der Waals surface area contributed by atoms with Crippen LogP contribution in [0, 0.1) is 5.95 Å². The first-order valence-corrected chi connectivity index (χ1v) is 10.3. The Kier molecular flexibility index (Phi) is 7.38. The van der Waals surface area contributed by atoms with Crippen LogP contribution in [0.15, 0.2) is 18.3 Å². The number of rotatable bonds is 10. The maximum atomic E-state index is 14.4. The molecule has 0 aliphatic carbocycles. The van der Waals surface area contributed by atoms with Gasteiger partial charge < -0.3 is 31.5 Å². The van der Waals surface area contributed by atoms with Crippen LogP contribution in [0.5, 0.6) is 0 Å². The number of carboxylic acids is 2. The predicted octanol–water partition coefficient (Wildman–Crippen LogP) is -0.973. The Morgan fingerprint density at radius 1 is 1.19 bits per heavy atom. The van der Waals surface area contributed by atoms with E-state index in [9.17, 15) is 28.4 Å². The van der Waals surface area contributed by atoms with Crippen molar-refractivity contribution in [2.45, 2.75) is 38.1 Å². The summed E-state index contributed by atoms with van der Waals surface area (Å²) in [7, 11) is 0. The number of hydrogen-bond acceptors (Lipinski definition) is 11. The number of carbonyl (C=O) groups excluding carboxylic acids is 3. The van der Waals surface area contributed by atoms with Gasteiger partial charge in [0.25, 0.3) is 11.8 Å². The van der Waals surface area contributed by atoms with Crippen LogP contribution >= 0.6 is 0 Å². The zero-order chi connectivity index (χ0) is 26.6. The average Bonchev–Trinajstić information content (AvgIpc) is 2.80. The molecule has 2 aromatic rings. The maximum Gasteiger partial charge on any atom is 0.326 e. The highest BCUT2D eigenvalue weighted by Crippen LogP contribution is 2.20. The number of pyridine rings is 1. The molecule has 0 spiro atoms. The summed E-state index contributed by atoms with van der Waals surface area (Å²) in [6, 6.07) is 0.787. The summed E-state index contributed by atoms with van der Waals surface area (Å²) in [6.07, 6.45) is 0.398. The second kappa shape index (κ2) is 10.3. The summed E-state index contributed by atoms with van der Waals surface area (Å²) < 4.78 is 14.4. The van der Waals surface area contributed by atoms with Gasteiger partial charge in [-0.1, -0.05) is 0 Å². The molecule has 2 atom stereocenters. The summed E-state index contributed by atoms with van der Waals surface area (Å²) in [5, 5.41) is 27.5. The van der Waals surface area contributed by atoms with Crippen LogP contribution < -0.4 is 27.0 Å². The Morgan fingerprint density at radius 2 is 1.92 bits per heavy atom. The molecule has 1 aliphatic heterocycles. The third-order valence-electron chi connectivity index (χ3n) is 5.01. The Balaban J connectivity index is 1.66. The fourth-order valence-electron chi connectivity index (χ4n) is 3.04. The van der Waals surface area contributed by atoms with Crippen molar-refractivity contribution >= 4 is 41.2 Å². The quantitative estimate of drug-likeness (QED) is 0.193. The molecule has 0 aromatic carbocycles. The van der Waals surface area contributed by atoms with Gasteiger partial charge in [-0.25, -0.2) is 19.7 Å². The van der Waals surface area contributed by atoms with Gasteiger partial charge in [-0.15, -0.1) is 0 Å². The van der Waals surface area contributed by atoms with Crippen molar-refractivity contribution in [3.8, 4) is 0 Å². The molecule has 3 heterocycles. The van der Waals surface area contributed by atoms with Crippen molar-refractivity contribution in [2.75, 3.05) is 10.6 Å². The molecule has 36 heavy (non-hydrogen) atoms. The van der Waals surface area contributed by atoms with Gasteiger partial charge in [0.1, 0.15) is 11.9 Å². The lowest BCUT2D eigenvalue weighted by Crippen LogP contribution is -2.68. The Bertz CT molecular complexity index is 1260. The second-order valence-electron chi connectivity index (χ2n) is 7.69. The first-order chi connectivity index (χ1) is 16.9. The topological polar surface area (TPSA) is 239 Å². The number of amides is 2. The van der Waals surface area contributed by atoms with Gasteiger partial charge in [0.15, 0.2) is 17.3 Å². The molecule has 0 saturated heterocycles. The van der Waals surface area contributed by atoms with E-state index in [-0.39, 0.29) is 36.0 Å². The number of hydrogen-bond donors (Lipinski definition) is 7. The number of aromatic nitrogens is 3. The minimum absolute atomic E-state index is 0.00255. The molecule has 0 bridgehead atoms. The maximum absolute atomic E-state index is 14.4. The fraction of sp³-hybridized carbons (Fsp3) is 0.300. The van der Waals surface area contributed by atoms with E-state index in [1.54, 1.807) is 0 Å². The summed E-state index contributed by atoms with van der Waals surface area (Å²) in [4.78, 5) is 69.9. The van der Waals surface area contributed by atoms with E-state index in [1.165, 1.54) is 19.2 Å². The summed E-state index contributed by atoms with van der Waals surface area (Å²) in [6.45, 7) is 1.14. The van der Waals surface area contributed by atoms with Crippen LogP contribution in [0.2, 0.25) is 0 Å². The first-order valence-electron chi connectivity index (χ1n) is 10.3. The molecule has 3 rings (SSSR count). The van der Waals surface area contributed by atoms with Crippen molar-refractivity contribution in [1.82, 2.24) is 25.6 Å². The summed E-state index contributed by atoms with van der Waals surface area (Å²) in [5.74, 6) is -8.08. The SMILES string of the molecule is CC(=O)C1(N)NC(=O)c2nc(CNc3ccc(C(=O)N[C@@H](CCC(=O)O)C(=O)O)c(F)n3)cnc2N1. The zero-order valence-corrected chi connectivity index (χ0v) is 18.7. The van der Waals surface area contributed by atoms with Gasteiger partial charge in [-0.3, -0.25) is 24.9 Å². The number of nitrogens with zero attached hydrogens (tertiary/aromatic N) is 3. The van der Waals surface area contributed by atoms with Gasteiger partial charge in [0.2, 0.25) is 11.7 Å². The van der Waals surface area contributed by atoms with Crippen molar-refractivity contribution in [2.24, 2.45) is 5.73 Å². The highest BCUT2D eigenvalue weighted by molar-refractivity contribution is 6.04. The molecular weight excluding hydrogens is 483 g/mol. The largest absolute Gasteiger partial charge is 0.481 e. The van der Waals surface area contributed by atoms with E-state index in [2.05, 4.69) is 36.2 Å². The Hall–Kier alpha value is -4.73. The summed E-state index contributed by atoms with van der Waals surface area (Å²) >= 11 is 0. The number of nitrogens with one attached hydrogen (secondary N) is 4. The van der Waals surface area contributed by atoms with E-state index in [4.69, 9.17) is 15.9 Å². The zero-order valence-electron chi connectivity index (χ0n) is 18.7.